The highest BCUT2D eigenvalue weighted by Crippen LogP contribution is 2.31. The number of hydrogen-bond acceptors (Lipinski definition) is 0. The Hall–Kier alpha value is -0.780. The van der Waals surface area contributed by atoms with Crippen molar-refractivity contribution in [3.05, 3.63) is 36.0 Å². The van der Waals surface area contributed by atoms with Crippen molar-refractivity contribution in [2.75, 3.05) is 0 Å². The van der Waals surface area contributed by atoms with E-state index in [1.165, 1.54) is 49.7 Å². The maximum atomic E-state index is 3.93. The molecule has 0 nitrogen and oxygen atoms in total. The first-order valence-electron chi connectivity index (χ1n) is 5.42. The maximum absolute atomic E-state index is 3.93. The Morgan fingerprint density at radius 1 is 1.15 bits per heavy atom. The summed E-state index contributed by atoms with van der Waals surface area (Å²) in [5.74, 6) is 0.954. The highest BCUT2D eigenvalue weighted by Gasteiger charge is 2.14. The second-order valence-corrected chi connectivity index (χ2v) is 4.34. The van der Waals surface area contributed by atoms with Crippen molar-refractivity contribution in [2.24, 2.45) is 5.92 Å². The van der Waals surface area contributed by atoms with Gasteiger partial charge in [0.2, 0.25) is 0 Å². The quantitative estimate of drug-likeness (QED) is 0.593. The Morgan fingerprint density at radius 2 is 1.92 bits per heavy atom. The Kier molecular flexibility index (Phi) is 2.68. The van der Waals surface area contributed by atoms with E-state index in [2.05, 4.69) is 24.8 Å². The van der Waals surface area contributed by atoms with Crippen LogP contribution < -0.4 is 0 Å². The molecule has 0 heteroatoms. The molecule has 0 bridgehead atoms. The monoisotopic (exact) mass is 174 g/mol. The molecule has 0 aromatic rings. The molecular formula is C13H18. The number of hydrogen-bond donors (Lipinski definition) is 0. The molecule has 2 aliphatic rings. The molecule has 1 saturated carbocycles. The number of allylic oxidation sites excluding steroid dienone is 5. The van der Waals surface area contributed by atoms with Gasteiger partial charge in [-0.2, -0.15) is 0 Å². The van der Waals surface area contributed by atoms with Crippen LogP contribution in [0, 0.1) is 5.92 Å². The molecule has 1 fully saturated rings. The van der Waals surface area contributed by atoms with E-state index in [0.29, 0.717) is 0 Å². The van der Waals surface area contributed by atoms with Crippen molar-refractivity contribution >= 4 is 0 Å². The Balaban J connectivity index is 1.87. The van der Waals surface area contributed by atoms with E-state index in [-0.39, 0.29) is 0 Å². The zero-order chi connectivity index (χ0) is 9.10. The van der Waals surface area contributed by atoms with Crippen LogP contribution in [0.2, 0.25) is 0 Å². The predicted molar refractivity (Wildman–Crippen MR) is 57.6 cm³/mol. The van der Waals surface area contributed by atoms with Crippen molar-refractivity contribution in [3.8, 4) is 0 Å². The SMILES string of the molecule is C=C1C=CC(CC2CCCCC2)=C1. The Morgan fingerprint density at radius 3 is 2.54 bits per heavy atom. The van der Waals surface area contributed by atoms with Gasteiger partial charge in [-0.1, -0.05) is 56.9 Å². The third-order valence-corrected chi connectivity index (χ3v) is 3.13. The van der Waals surface area contributed by atoms with Crippen LogP contribution in [0.1, 0.15) is 38.5 Å². The zero-order valence-electron chi connectivity index (χ0n) is 8.26. The fourth-order valence-corrected chi connectivity index (χ4v) is 2.40. The van der Waals surface area contributed by atoms with Crippen molar-refractivity contribution in [1.29, 1.82) is 0 Å². The fourth-order valence-electron chi connectivity index (χ4n) is 2.40. The molecule has 13 heavy (non-hydrogen) atoms. The summed E-state index contributed by atoms with van der Waals surface area (Å²) in [6.07, 6.45) is 15.1. The van der Waals surface area contributed by atoms with Crippen molar-refractivity contribution < 1.29 is 0 Å². The van der Waals surface area contributed by atoms with Gasteiger partial charge in [0.1, 0.15) is 0 Å². The number of rotatable bonds is 2. The molecular weight excluding hydrogens is 156 g/mol. The third-order valence-electron chi connectivity index (χ3n) is 3.13. The standard InChI is InChI=1S/C13H18/c1-11-7-8-13(9-11)10-12-5-3-2-4-6-12/h7-9,12H,1-6,10H2. The highest BCUT2D eigenvalue weighted by atomic mass is 14.2. The van der Waals surface area contributed by atoms with Gasteiger partial charge in [-0.05, 0) is 23.5 Å². The van der Waals surface area contributed by atoms with Crippen LogP contribution in [-0.2, 0) is 0 Å². The molecule has 0 unspecified atom stereocenters. The third kappa shape index (κ3) is 2.33. The maximum Gasteiger partial charge on any atom is -0.0250 e. The van der Waals surface area contributed by atoms with Crippen molar-refractivity contribution in [3.63, 3.8) is 0 Å². The average molecular weight is 174 g/mol. The summed E-state index contributed by atoms with van der Waals surface area (Å²) < 4.78 is 0. The normalized spacial score (nSPS) is 23.7. The summed E-state index contributed by atoms with van der Waals surface area (Å²) in [6, 6.07) is 0. The largest absolute Gasteiger partial charge is 0.0918 e. The van der Waals surface area contributed by atoms with Gasteiger partial charge in [0.05, 0.1) is 0 Å². The Labute approximate surface area is 81.0 Å². The predicted octanol–water partition coefficient (Wildman–Crippen LogP) is 4.01. The molecule has 0 aromatic heterocycles. The van der Waals surface area contributed by atoms with Crippen LogP contribution in [-0.4, -0.2) is 0 Å². The van der Waals surface area contributed by atoms with Crippen molar-refractivity contribution in [1.82, 2.24) is 0 Å². The molecule has 0 N–H and O–H groups in total. The minimum atomic E-state index is 0.954. The minimum absolute atomic E-state index is 0.954. The molecule has 0 amide bonds. The van der Waals surface area contributed by atoms with Crippen LogP contribution in [0.3, 0.4) is 0 Å². The van der Waals surface area contributed by atoms with Gasteiger partial charge in [-0.3, -0.25) is 0 Å². The van der Waals surface area contributed by atoms with Gasteiger partial charge in [0, 0.05) is 0 Å². The highest BCUT2D eigenvalue weighted by molar-refractivity contribution is 5.44. The molecule has 0 heterocycles. The summed E-state index contributed by atoms with van der Waals surface area (Å²) in [7, 11) is 0. The summed E-state index contributed by atoms with van der Waals surface area (Å²) >= 11 is 0. The fraction of sp³-hybridized carbons (Fsp3) is 0.538. The summed E-state index contributed by atoms with van der Waals surface area (Å²) in [5.41, 5.74) is 2.67. The molecule has 2 aliphatic carbocycles. The molecule has 0 spiro atoms. The molecule has 70 valence electrons. The zero-order valence-corrected chi connectivity index (χ0v) is 8.26. The van der Waals surface area contributed by atoms with Gasteiger partial charge in [-0.15, -0.1) is 0 Å². The first kappa shape index (κ1) is 8.80. The summed E-state index contributed by atoms with van der Waals surface area (Å²) in [5, 5.41) is 0. The summed E-state index contributed by atoms with van der Waals surface area (Å²) in [4.78, 5) is 0. The van der Waals surface area contributed by atoms with E-state index in [9.17, 15) is 0 Å². The van der Waals surface area contributed by atoms with E-state index < -0.39 is 0 Å². The van der Waals surface area contributed by atoms with Crippen molar-refractivity contribution in [2.45, 2.75) is 38.5 Å². The van der Waals surface area contributed by atoms with E-state index in [4.69, 9.17) is 0 Å². The average Bonchev–Trinajstić information content (AvgIpc) is 2.53. The van der Waals surface area contributed by atoms with Gasteiger partial charge in [0.15, 0.2) is 0 Å². The van der Waals surface area contributed by atoms with Crippen LogP contribution in [0.4, 0.5) is 0 Å². The lowest BCUT2D eigenvalue weighted by Gasteiger charge is -2.21. The second-order valence-electron chi connectivity index (χ2n) is 4.34. The topological polar surface area (TPSA) is 0 Å². The molecule has 2 rings (SSSR count). The molecule has 0 aliphatic heterocycles. The van der Waals surface area contributed by atoms with Gasteiger partial charge in [0.25, 0.3) is 0 Å². The van der Waals surface area contributed by atoms with E-state index in [1.807, 2.05) is 0 Å². The first-order valence-corrected chi connectivity index (χ1v) is 5.42. The van der Waals surface area contributed by atoms with Gasteiger partial charge >= 0.3 is 0 Å². The minimum Gasteiger partial charge on any atom is -0.0918 e. The van der Waals surface area contributed by atoms with Gasteiger partial charge in [-0.25, -0.2) is 0 Å². The lowest BCUT2D eigenvalue weighted by molar-refractivity contribution is 0.358. The van der Waals surface area contributed by atoms with Crippen LogP contribution >= 0.6 is 0 Å². The van der Waals surface area contributed by atoms with E-state index in [1.54, 1.807) is 0 Å². The lowest BCUT2D eigenvalue weighted by atomic mass is 9.85. The Bertz CT molecular complexity index is 249. The first-order chi connectivity index (χ1) is 6.34. The summed E-state index contributed by atoms with van der Waals surface area (Å²) in [6.45, 7) is 3.93. The van der Waals surface area contributed by atoms with Crippen LogP contribution in [0.5, 0.6) is 0 Å². The van der Waals surface area contributed by atoms with Crippen LogP contribution in [0.25, 0.3) is 0 Å². The molecule has 0 aromatic carbocycles. The van der Waals surface area contributed by atoms with Crippen LogP contribution in [0.15, 0.2) is 36.0 Å². The smallest absolute Gasteiger partial charge is 0.0250 e. The molecule has 0 radical (unpaired) electrons. The molecule has 0 saturated heterocycles. The molecule has 0 atom stereocenters. The lowest BCUT2D eigenvalue weighted by Crippen LogP contribution is -2.06. The van der Waals surface area contributed by atoms with Gasteiger partial charge < -0.3 is 0 Å². The second kappa shape index (κ2) is 3.95. The van der Waals surface area contributed by atoms with E-state index in [0.717, 1.165) is 5.92 Å². The van der Waals surface area contributed by atoms with E-state index >= 15 is 0 Å².